The lowest BCUT2D eigenvalue weighted by atomic mass is 10.1. The van der Waals surface area contributed by atoms with Crippen molar-refractivity contribution in [1.82, 2.24) is 0 Å². The molecular formula is C9H9FO2. The van der Waals surface area contributed by atoms with Crippen molar-refractivity contribution in [3.05, 3.63) is 29.1 Å². The van der Waals surface area contributed by atoms with Gasteiger partial charge >= 0.3 is 0 Å². The number of benzene rings is 1. The molecule has 64 valence electrons. The van der Waals surface area contributed by atoms with Crippen LogP contribution >= 0.6 is 0 Å². The summed E-state index contributed by atoms with van der Waals surface area (Å²) in [4.78, 5) is 10.4. The molecule has 3 heteroatoms. The number of aryl methyl sites for hydroxylation is 1. The number of carbonyl (C=O) groups excluding carboxylic acids is 1. The summed E-state index contributed by atoms with van der Waals surface area (Å²) in [5.41, 5.74) is 0.949. The van der Waals surface area contributed by atoms with Gasteiger partial charge in [0.05, 0.1) is 12.7 Å². The van der Waals surface area contributed by atoms with E-state index >= 15 is 0 Å². The Bertz CT molecular complexity index is 308. The normalized spacial score (nSPS) is 9.58. The van der Waals surface area contributed by atoms with Gasteiger partial charge in [-0.05, 0) is 24.6 Å². The van der Waals surface area contributed by atoms with Gasteiger partial charge in [0.15, 0.2) is 17.9 Å². The lowest BCUT2D eigenvalue weighted by Crippen LogP contribution is -1.95. The average Bonchev–Trinajstić information content (AvgIpc) is 2.03. The van der Waals surface area contributed by atoms with Gasteiger partial charge in [-0.25, -0.2) is 4.39 Å². The quantitative estimate of drug-likeness (QED) is 0.631. The standard InChI is InChI=1S/C9H9FO2/c1-6-3-7(5-11)9(12-2)8(10)4-6/h3-5H,1-2H3. The molecule has 0 bridgehead atoms. The van der Waals surface area contributed by atoms with Crippen LogP contribution in [0, 0.1) is 12.7 Å². The Kier molecular flexibility index (Phi) is 2.43. The lowest BCUT2D eigenvalue weighted by Gasteiger charge is -2.05. The molecule has 0 fully saturated rings. The van der Waals surface area contributed by atoms with Crippen molar-refractivity contribution in [2.75, 3.05) is 7.11 Å². The molecule has 0 radical (unpaired) electrons. The highest BCUT2D eigenvalue weighted by molar-refractivity contribution is 5.79. The second-order valence-corrected chi connectivity index (χ2v) is 2.49. The zero-order valence-electron chi connectivity index (χ0n) is 6.93. The molecule has 0 unspecified atom stereocenters. The van der Waals surface area contributed by atoms with Gasteiger partial charge in [0, 0.05) is 0 Å². The van der Waals surface area contributed by atoms with Gasteiger partial charge in [-0.1, -0.05) is 0 Å². The van der Waals surface area contributed by atoms with E-state index in [1.165, 1.54) is 13.2 Å². The molecule has 1 aromatic carbocycles. The largest absolute Gasteiger partial charge is 0.493 e. The predicted molar refractivity (Wildman–Crippen MR) is 43.1 cm³/mol. The third-order valence-corrected chi connectivity index (χ3v) is 1.55. The van der Waals surface area contributed by atoms with Crippen molar-refractivity contribution in [3.63, 3.8) is 0 Å². The molecule has 0 saturated carbocycles. The molecule has 0 N–H and O–H groups in total. The molecule has 0 aromatic heterocycles. The van der Waals surface area contributed by atoms with Crippen LogP contribution in [0.1, 0.15) is 15.9 Å². The topological polar surface area (TPSA) is 26.3 Å². The van der Waals surface area contributed by atoms with Crippen molar-refractivity contribution < 1.29 is 13.9 Å². The van der Waals surface area contributed by atoms with E-state index < -0.39 is 5.82 Å². The van der Waals surface area contributed by atoms with E-state index in [9.17, 15) is 9.18 Å². The first-order valence-electron chi connectivity index (χ1n) is 3.48. The van der Waals surface area contributed by atoms with Crippen LogP contribution < -0.4 is 4.74 Å². The third kappa shape index (κ3) is 1.44. The summed E-state index contributed by atoms with van der Waals surface area (Å²) in [7, 11) is 1.33. The maximum absolute atomic E-state index is 13.0. The minimum atomic E-state index is -0.500. The molecule has 0 spiro atoms. The van der Waals surface area contributed by atoms with Crippen molar-refractivity contribution in [2.45, 2.75) is 6.92 Å². The van der Waals surface area contributed by atoms with Gasteiger partial charge in [-0.2, -0.15) is 0 Å². The highest BCUT2D eigenvalue weighted by atomic mass is 19.1. The first kappa shape index (κ1) is 8.71. The van der Waals surface area contributed by atoms with Gasteiger partial charge in [-0.15, -0.1) is 0 Å². The van der Waals surface area contributed by atoms with Crippen molar-refractivity contribution in [2.24, 2.45) is 0 Å². The van der Waals surface area contributed by atoms with Gasteiger partial charge in [0.1, 0.15) is 0 Å². The summed E-state index contributed by atoms with van der Waals surface area (Å²) in [5, 5.41) is 0. The summed E-state index contributed by atoms with van der Waals surface area (Å²) in [6.45, 7) is 1.72. The van der Waals surface area contributed by atoms with Crippen molar-refractivity contribution in [3.8, 4) is 5.75 Å². The van der Waals surface area contributed by atoms with Gasteiger partial charge < -0.3 is 4.74 Å². The Morgan fingerprint density at radius 2 is 2.17 bits per heavy atom. The predicted octanol–water partition coefficient (Wildman–Crippen LogP) is 1.96. The number of carbonyl (C=O) groups is 1. The van der Waals surface area contributed by atoms with Crippen LogP contribution in [0.5, 0.6) is 5.75 Å². The summed E-state index contributed by atoms with van der Waals surface area (Å²) in [5.74, 6) is -0.491. The van der Waals surface area contributed by atoms with E-state index in [1.54, 1.807) is 13.0 Å². The van der Waals surface area contributed by atoms with E-state index in [2.05, 4.69) is 0 Å². The van der Waals surface area contributed by atoms with Crippen LogP contribution in [0.15, 0.2) is 12.1 Å². The van der Waals surface area contributed by atoms with Crippen LogP contribution in [0.3, 0.4) is 0 Å². The molecule has 0 saturated heterocycles. The van der Waals surface area contributed by atoms with E-state index in [0.29, 0.717) is 11.8 Å². The van der Waals surface area contributed by atoms with Gasteiger partial charge in [0.2, 0.25) is 0 Å². The van der Waals surface area contributed by atoms with Crippen LogP contribution in [0.4, 0.5) is 4.39 Å². The fraction of sp³-hybridized carbons (Fsp3) is 0.222. The van der Waals surface area contributed by atoms with E-state index in [-0.39, 0.29) is 11.3 Å². The molecule has 0 heterocycles. The Morgan fingerprint density at radius 1 is 1.50 bits per heavy atom. The van der Waals surface area contributed by atoms with E-state index in [1.807, 2.05) is 0 Å². The third-order valence-electron chi connectivity index (χ3n) is 1.55. The number of methoxy groups -OCH3 is 1. The number of aldehydes is 1. The van der Waals surface area contributed by atoms with Crippen molar-refractivity contribution in [1.29, 1.82) is 0 Å². The molecule has 0 aliphatic carbocycles. The molecule has 1 rings (SSSR count). The molecule has 0 amide bonds. The van der Waals surface area contributed by atoms with Gasteiger partial charge in [-0.3, -0.25) is 4.79 Å². The van der Waals surface area contributed by atoms with Crippen LogP contribution in [-0.2, 0) is 0 Å². The number of ether oxygens (including phenoxy) is 1. The van der Waals surface area contributed by atoms with Crippen LogP contribution in [0.25, 0.3) is 0 Å². The summed E-state index contributed by atoms with van der Waals surface area (Å²) in [6, 6.07) is 2.90. The Hall–Kier alpha value is -1.38. The zero-order chi connectivity index (χ0) is 9.14. The Balaban J connectivity index is 3.33. The minimum Gasteiger partial charge on any atom is -0.493 e. The second-order valence-electron chi connectivity index (χ2n) is 2.49. The first-order chi connectivity index (χ1) is 5.69. The lowest BCUT2D eigenvalue weighted by molar-refractivity contribution is 0.111. The number of hydrogen-bond acceptors (Lipinski definition) is 2. The highest BCUT2D eigenvalue weighted by Crippen LogP contribution is 2.22. The Morgan fingerprint density at radius 3 is 2.67 bits per heavy atom. The maximum atomic E-state index is 13.0. The molecular weight excluding hydrogens is 159 g/mol. The maximum Gasteiger partial charge on any atom is 0.166 e. The number of hydrogen-bond donors (Lipinski definition) is 0. The number of halogens is 1. The zero-order valence-corrected chi connectivity index (χ0v) is 6.93. The fourth-order valence-corrected chi connectivity index (χ4v) is 1.06. The average molecular weight is 168 g/mol. The molecule has 2 nitrogen and oxygen atoms in total. The molecule has 0 aliphatic heterocycles. The van der Waals surface area contributed by atoms with Crippen LogP contribution in [-0.4, -0.2) is 13.4 Å². The second kappa shape index (κ2) is 3.34. The molecule has 12 heavy (non-hydrogen) atoms. The Labute approximate surface area is 70.0 Å². The van der Waals surface area contributed by atoms with E-state index in [0.717, 1.165) is 0 Å². The summed E-state index contributed by atoms with van der Waals surface area (Å²) >= 11 is 0. The molecule has 0 atom stereocenters. The van der Waals surface area contributed by atoms with Crippen molar-refractivity contribution >= 4 is 6.29 Å². The van der Waals surface area contributed by atoms with Crippen LogP contribution in [0.2, 0.25) is 0 Å². The molecule has 1 aromatic rings. The highest BCUT2D eigenvalue weighted by Gasteiger charge is 2.08. The monoisotopic (exact) mass is 168 g/mol. The summed E-state index contributed by atoms with van der Waals surface area (Å²) in [6.07, 6.45) is 0.578. The van der Waals surface area contributed by atoms with E-state index in [4.69, 9.17) is 4.74 Å². The number of rotatable bonds is 2. The SMILES string of the molecule is COc1c(F)cc(C)cc1C=O. The van der Waals surface area contributed by atoms with Gasteiger partial charge in [0.25, 0.3) is 0 Å². The summed E-state index contributed by atoms with van der Waals surface area (Å²) < 4.78 is 17.7. The minimum absolute atomic E-state index is 0.00981. The first-order valence-corrected chi connectivity index (χ1v) is 3.48. The fourth-order valence-electron chi connectivity index (χ4n) is 1.06. The molecule has 0 aliphatic rings. The smallest absolute Gasteiger partial charge is 0.166 e.